The minimum atomic E-state index is -3.12. The summed E-state index contributed by atoms with van der Waals surface area (Å²) in [5, 5.41) is 0. The molecule has 0 aromatic heterocycles. The molecule has 5 heteroatoms. The molecular weight excluding hydrogens is 248 g/mol. The molecule has 0 fully saturated rings. The van der Waals surface area contributed by atoms with E-state index in [1.165, 1.54) is 4.31 Å². The van der Waals surface area contributed by atoms with Gasteiger partial charge in [-0.15, -0.1) is 0 Å². The molecule has 0 aliphatic heterocycles. The van der Waals surface area contributed by atoms with Gasteiger partial charge in [-0.1, -0.05) is 30.3 Å². The van der Waals surface area contributed by atoms with Crippen molar-refractivity contribution in [3.05, 3.63) is 35.9 Å². The van der Waals surface area contributed by atoms with Gasteiger partial charge >= 0.3 is 0 Å². The zero-order chi connectivity index (χ0) is 13.4. The second kappa shape index (κ2) is 7.51. The molecule has 18 heavy (non-hydrogen) atoms. The summed E-state index contributed by atoms with van der Waals surface area (Å²) in [4.78, 5) is 0. The molecule has 0 spiro atoms. The van der Waals surface area contributed by atoms with Crippen LogP contribution >= 0.6 is 0 Å². The van der Waals surface area contributed by atoms with Crippen molar-refractivity contribution in [3.63, 3.8) is 0 Å². The number of sulfonamides is 1. The lowest BCUT2D eigenvalue weighted by molar-refractivity contribution is 0.470. The van der Waals surface area contributed by atoms with Crippen molar-refractivity contribution < 1.29 is 8.42 Å². The molecule has 0 heterocycles. The molecule has 0 unspecified atom stereocenters. The minimum absolute atomic E-state index is 0.190. The highest BCUT2D eigenvalue weighted by atomic mass is 32.2. The van der Waals surface area contributed by atoms with E-state index in [-0.39, 0.29) is 5.75 Å². The molecule has 1 rings (SSSR count). The minimum Gasteiger partial charge on any atom is -0.330 e. The first-order valence-electron chi connectivity index (χ1n) is 6.24. The Hall–Kier alpha value is -0.910. The normalized spacial score (nSPS) is 11.9. The fourth-order valence-corrected chi connectivity index (χ4v) is 2.91. The van der Waals surface area contributed by atoms with Crippen LogP contribution in [0.5, 0.6) is 0 Å². The van der Waals surface area contributed by atoms with Gasteiger partial charge in [0, 0.05) is 13.6 Å². The maximum absolute atomic E-state index is 11.9. The van der Waals surface area contributed by atoms with Crippen molar-refractivity contribution in [2.75, 3.05) is 25.9 Å². The number of benzene rings is 1. The van der Waals surface area contributed by atoms with Gasteiger partial charge in [0.25, 0.3) is 0 Å². The van der Waals surface area contributed by atoms with Gasteiger partial charge in [0.1, 0.15) is 0 Å². The molecule has 0 aliphatic rings. The third-order valence-corrected chi connectivity index (χ3v) is 4.83. The van der Waals surface area contributed by atoms with Crippen molar-refractivity contribution in [3.8, 4) is 0 Å². The summed E-state index contributed by atoms with van der Waals surface area (Å²) in [5.74, 6) is 0.190. The number of rotatable bonds is 8. The first-order chi connectivity index (χ1) is 8.56. The number of likely N-dealkylation sites (N-methyl/N-ethyl adjacent to an activating group) is 1. The van der Waals surface area contributed by atoms with E-state index in [4.69, 9.17) is 5.73 Å². The van der Waals surface area contributed by atoms with Crippen molar-refractivity contribution >= 4 is 10.0 Å². The van der Waals surface area contributed by atoms with E-state index in [1.807, 2.05) is 30.3 Å². The zero-order valence-corrected chi connectivity index (χ0v) is 11.7. The Bertz CT molecular complexity index is 432. The SMILES string of the molecule is CN(CCc1ccccc1)S(=O)(=O)CCCCN. The van der Waals surface area contributed by atoms with Crippen molar-refractivity contribution in [2.45, 2.75) is 19.3 Å². The lowest BCUT2D eigenvalue weighted by Crippen LogP contribution is -2.31. The fraction of sp³-hybridized carbons (Fsp3) is 0.538. The largest absolute Gasteiger partial charge is 0.330 e. The Morgan fingerprint density at radius 2 is 1.83 bits per heavy atom. The predicted octanol–water partition coefficient (Wildman–Crippen LogP) is 1.23. The Labute approximate surface area is 110 Å². The lowest BCUT2D eigenvalue weighted by atomic mass is 10.2. The highest BCUT2D eigenvalue weighted by Gasteiger charge is 2.16. The van der Waals surface area contributed by atoms with Crippen molar-refractivity contribution in [2.24, 2.45) is 5.73 Å². The summed E-state index contributed by atoms with van der Waals surface area (Å²) >= 11 is 0. The third-order valence-electron chi connectivity index (χ3n) is 2.89. The number of hydrogen-bond donors (Lipinski definition) is 1. The molecule has 1 aromatic carbocycles. The summed E-state index contributed by atoms with van der Waals surface area (Å²) in [7, 11) is -1.49. The monoisotopic (exact) mass is 270 g/mol. The fourth-order valence-electron chi connectivity index (χ4n) is 1.65. The maximum Gasteiger partial charge on any atom is 0.213 e. The Balaban J connectivity index is 2.42. The standard InChI is InChI=1S/C13H22N2O2S/c1-15(18(16,17)12-6-5-10-14)11-9-13-7-3-2-4-8-13/h2-4,7-8H,5-6,9-12,14H2,1H3. The molecule has 0 amide bonds. The van der Waals surface area contributed by atoms with Gasteiger partial charge in [0.15, 0.2) is 0 Å². The molecule has 0 saturated carbocycles. The van der Waals surface area contributed by atoms with Crippen LogP contribution in [-0.4, -0.2) is 38.6 Å². The van der Waals surface area contributed by atoms with Crippen LogP contribution in [0.25, 0.3) is 0 Å². The summed E-state index contributed by atoms with van der Waals surface area (Å²) < 4.78 is 25.3. The second-order valence-corrected chi connectivity index (χ2v) is 6.56. The topological polar surface area (TPSA) is 63.4 Å². The predicted molar refractivity (Wildman–Crippen MR) is 74.9 cm³/mol. The van der Waals surface area contributed by atoms with E-state index in [1.54, 1.807) is 7.05 Å². The summed E-state index contributed by atoms with van der Waals surface area (Å²) in [5.41, 5.74) is 6.51. The van der Waals surface area contributed by atoms with Gasteiger partial charge in [-0.2, -0.15) is 0 Å². The van der Waals surface area contributed by atoms with E-state index < -0.39 is 10.0 Å². The van der Waals surface area contributed by atoms with Gasteiger partial charge in [0.2, 0.25) is 10.0 Å². The Morgan fingerprint density at radius 1 is 1.17 bits per heavy atom. The van der Waals surface area contributed by atoms with Crippen LogP contribution in [0.2, 0.25) is 0 Å². The summed E-state index contributed by atoms with van der Waals surface area (Å²) in [6.45, 7) is 1.07. The molecular formula is C13H22N2O2S. The first-order valence-corrected chi connectivity index (χ1v) is 7.85. The van der Waals surface area contributed by atoms with Gasteiger partial charge in [0.05, 0.1) is 5.75 Å². The Morgan fingerprint density at radius 3 is 2.44 bits per heavy atom. The van der Waals surface area contributed by atoms with E-state index in [0.717, 1.165) is 18.4 Å². The van der Waals surface area contributed by atoms with Crippen molar-refractivity contribution in [1.82, 2.24) is 4.31 Å². The number of nitrogens with zero attached hydrogens (tertiary/aromatic N) is 1. The van der Waals surface area contributed by atoms with Crippen LogP contribution in [0, 0.1) is 0 Å². The molecule has 0 atom stereocenters. The molecule has 4 nitrogen and oxygen atoms in total. The molecule has 2 N–H and O–H groups in total. The Kier molecular flexibility index (Phi) is 6.32. The van der Waals surface area contributed by atoms with Crippen LogP contribution in [0.15, 0.2) is 30.3 Å². The van der Waals surface area contributed by atoms with Crippen LogP contribution in [-0.2, 0) is 16.4 Å². The van der Waals surface area contributed by atoms with E-state index in [2.05, 4.69) is 0 Å². The van der Waals surface area contributed by atoms with Crippen molar-refractivity contribution in [1.29, 1.82) is 0 Å². The van der Waals surface area contributed by atoms with Crippen LogP contribution in [0.1, 0.15) is 18.4 Å². The van der Waals surface area contributed by atoms with E-state index >= 15 is 0 Å². The molecule has 102 valence electrons. The van der Waals surface area contributed by atoms with E-state index in [0.29, 0.717) is 19.5 Å². The van der Waals surface area contributed by atoms with Gasteiger partial charge in [-0.25, -0.2) is 12.7 Å². The quantitative estimate of drug-likeness (QED) is 0.723. The van der Waals surface area contributed by atoms with Crippen LogP contribution in [0.3, 0.4) is 0 Å². The average Bonchev–Trinajstić information content (AvgIpc) is 2.37. The highest BCUT2D eigenvalue weighted by molar-refractivity contribution is 7.89. The third kappa shape index (κ3) is 5.16. The second-order valence-electron chi connectivity index (χ2n) is 4.37. The number of nitrogens with two attached hydrogens (primary N) is 1. The van der Waals surface area contributed by atoms with Crippen LogP contribution < -0.4 is 5.73 Å². The first kappa shape index (κ1) is 15.1. The highest BCUT2D eigenvalue weighted by Crippen LogP contribution is 2.05. The van der Waals surface area contributed by atoms with Gasteiger partial charge in [-0.05, 0) is 31.4 Å². The summed E-state index contributed by atoms with van der Waals surface area (Å²) in [6.07, 6.45) is 2.13. The summed E-state index contributed by atoms with van der Waals surface area (Å²) in [6, 6.07) is 9.90. The molecule has 1 aromatic rings. The molecule has 0 aliphatic carbocycles. The average molecular weight is 270 g/mol. The smallest absolute Gasteiger partial charge is 0.213 e. The van der Waals surface area contributed by atoms with E-state index in [9.17, 15) is 8.42 Å². The zero-order valence-electron chi connectivity index (χ0n) is 10.9. The van der Waals surface area contributed by atoms with Gasteiger partial charge < -0.3 is 5.73 Å². The molecule has 0 bridgehead atoms. The number of hydrogen-bond acceptors (Lipinski definition) is 3. The molecule has 0 radical (unpaired) electrons. The lowest BCUT2D eigenvalue weighted by Gasteiger charge is -2.17. The van der Waals surface area contributed by atoms with Gasteiger partial charge in [-0.3, -0.25) is 0 Å². The molecule has 0 saturated heterocycles. The van der Waals surface area contributed by atoms with Crippen LogP contribution in [0.4, 0.5) is 0 Å². The maximum atomic E-state index is 11.9. The number of unbranched alkanes of at least 4 members (excludes halogenated alkanes) is 1.